The van der Waals surface area contributed by atoms with Crippen molar-refractivity contribution in [3.8, 4) is 0 Å². The summed E-state index contributed by atoms with van der Waals surface area (Å²) in [6.45, 7) is 1.97. The van der Waals surface area contributed by atoms with E-state index >= 15 is 0 Å². The maximum Gasteiger partial charge on any atom is 0.0837 e. The van der Waals surface area contributed by atoms with E-state index in [4.69, 9.17) is 0 Å². The Balaban J connectivity index is 3.80. The van der Waals surface area contributed by atoms with Crippen molar-refractivity contribution in [2.75, 3.05) is 0 Å². The summed E-state index contributed by atoms with van der Waals surface area (Å²) in [6, 6.07) is 0. The van der Waals surface area contributed by atoms with Crippen LogP contribution in [0.25, 0.3) is 0 Å². The molecule has 0 radical (unpaired) electrons. The first-order valence-corrected chi connectivity index (χ1v) is 6.03. The summed E-state index contributed by atoms with van der Waals surface area (Å²) in [4.78, 5) is 0. The van der Waals surface area contributed by atoms with Gasteiger partial charge in [-0.1, -0.05) is 26.2 Å². The Morgan fingerprint density at radius 1 is 1.17 bits per heavy atom. The highest BCUT2D eigenvalue weighted by Gasteiger charge is 2.08. The van der Waals surface area contributed by atoms with E-state index < -0.39 is 26.7 Å². The molecule has 12 heavy (non-hydrogen) atoms. The van der Waals surface area contributed by atoms with Gasteiger partial charge in [0.1, 0.15) is 0 Å². The Labute approximate surface area is 77.3 Å². The van der Waals surface area contributed by atoms with E-state index in [9.17, 15) is 17.5 Å². The van der Waals surface area contributed by atoms with Crippen molar-refractivity contribution in [2.45, 2.75) is 37.2 Å². The molecule has 4 nitrogen and oxygen atoms in total. The zero-order valence-electron chi connectivity index (χ0n) is 6.86. The minimum Gasteiger partial charge on any atom is -0.771 e. The number of hydrogen-bond donors (Lipinski definition) is 0. The predicted molar refractivity (Wildman–Crippen MR) is 45.8 cm³/mol. The quantitative estimate of drug-likeness (QED) is 0.478. The van der Waals surface area contributed by atoms with E-state index in [2.05, 4.69) is 0 Å². The van der Waals surface area contributed by atoms with Gasteiger partial charge in [0, 0.05) is 0 Å². The van der Waals surface area contributed by atoms with Crippen molar-refractivity contribution in [3.63, 3.8) is 0 Å². The second-order valence-corrected chi connectivity index (χ2v) is 4.92. The van der Waals surface area contributed by atoms with Gasteiger partial charge in [0.15, 0.2) is 0 Å². The lowest BCUT2D eigenvalue weighted by molar-refractivity contribution is 0.504. The van der Waals surface area contributed by atoms with Crippen LogP contribution < -0.4 is 0 Å². The first-order chi connectivity index (χ1) is 5.59. The second kappa shape index (κ2) is 6.71. The van der Waals surface area contributed by atoms with Crippen LogP contribution in [-0.2, 0) is 22.2 Å². The molecule has 2 unspecified atom stereocenters. The maximum atomic E-state index is 10.3. The average Bonchev–Trinajstić information content (AvgIpc) is 1.96. The van der Waals surface area contributed by atoms with Crippen molar-refractivity contribution < 1.29 is 17.5 Å². The van der Waals surface area contributed by atoms with Crippen LogP contribution in [-0.4, -0.2) is 22.1 Å². The minimum atomic E-state index is -2.50. The van der Waals surface area contributed by atoms with Crippen LogP contribution in [0, 0.1) is 0 Å². The Morgan fingerprint density at radius 3 is 2.00 bits per heavy atom. The highest BCUT2D eigenvalue weighted by atomic mass is 32.3. The third kappa shape index (κ3) is 4.97. The molecule has 0 saturated carbocycles. The van der Waals surface area contributed by atoms with Crippen LogP contribution in [0.2, 0.25) is 0 Å². The molecule has 0 rings (SSSR count). The second-order valence-electron chi connectivity index (χ2n) is 2.45. The van der Waals surface area contributed by atoms with Crippen LogP contribution in [0.4, 0.5) is 0 Å². The molecule has 74 valence electrons. The van der Waals surface area contributed by atoms with Gasteiger partial charge in [-0.15, -0.1) is 0 Å². The SMILES string of the molecule is CCCCCC(S(=O)[O-])S(=O)[O-]. The Hall–Kier alpha value is 0.220. The summed E-state index contributed by atoms with van der Waals surface area (Å²) < 4.78 is 40.1. The first kappa shape index (κ1) is 12.2. The zero-order valence-corrected chi connectivity index (χ0v) is 8.49. The average molecular weight is 212 g/mol. The Bertz CT molecular complexity index is 157. The number of unbranched alkanes of at least 4 members (excludes halogenated alkanes) is 2. The minimum absolute atomic E-state index is 0.208. The molecule has 0 aromatic rings. The summed E-state index contributed by atoms with van der Waals surface area (Å²) >= 11 is -5.00. The van der Waals surface area contributed by atoms with Crippen LogP contribution in [0.5, 0.6) is 0 Å². The highest BCUT2D eigenvalue weighted by Crippen LogP contribution is 2.10. The molecule has 0 amide bonds. The number of hydrogen-bond acceptors (Lipinski definition) is 4. The van der Waals surface area contributed by atoms with E-state index in [0.717, 1.165) is 12.8 Å². The molecule has 0 heterocycles. The molecule has 0 N–H and O–H groups in total. The molecular weight excluding hydrogens is 200 g/mol. The van der Waals surface area contributed by atoms with Crippen LogP contribution in [0.1, 0.15) is 32.6 Å². The topological polar surface area (TPSA) is 80.3 Å². The third-order valence-corrected chi connectivity index (χ3v) is 3.75. The summed E-state index contributed by atoms with van der Waals surface area (Å²) in [7, 11) is 0. The molecule has 0 saturated heterocycles. The van der Waals surface area contributed by atoms with Gasteiger partial charge in [-0.3, -0.25) is 8.42 Å². The van der Waals surface area contributed by atoms with E-state index in [1.807, 2.05) is 6.92 Å². The fourth-order valence-electron chi connectivity index (χ4n) is 0.818. The van der Waals surface area contributed by atoms with Crippen molar-refractivity contribution in [2.24, 2.45) is 0 Å². The van der Waals surface area contributed by atoms with Crippen molar-refractivity contribution in [3.05, 3.63) is 0 Å². The summed E-state index contributed by atoms with van der Waals surface area (Å²) in [5, 5.41) is 0. The van der Waals surface area contributed by atoms with Gasteiger partial charge in [0.05, 0.1) is 4.58 Å². The van der Waals surface area contributed by atoms with Crippen LogP contribution in [0.15, 0.2) is 0 Å². The van der Waals surface area contributed by atoms with Gasteiger partial charge in [-0.2, -0.15) is 0 Å². The molecule has 0 spiro atoms. The van der Waals surface area contributed by atoms with Gasteiger partial charge in [-0.05, 0) is 28.6 Å². The monoisotopic (exact) mass is 212 g/mol. The molecule has 6 heteroatoms. The fourth-order valence-corrected chi connectivity index (χ4v) is 2.05. The molecule has 0 aliphatic carbocycles. The number of rotatable bonds is 6. The predicted octanol–water partition coefficient (Wildman–Crippen LogP) is 0.651. The van der Waals surface area contributed by atoms with Gasteiger partial charge >= 0.3 is 0 Å². The van der Waals surface area contributed by atoms with Gasteiger partial charge in [0.25, 0.3) is 0 Å². The molecule has 0 aromatic carbocycles. The van der Waals surface area contributed by atoms with Crippen LogP contribution >= 0.6 is 0 Å². The fraction of sp³-hybridized carbons (Fsp3) is 1.00. The zero-order chi connectivity index (χ0) is 9.56. The summed E-state index contributed by atoms with van der Waals surface area (Å²) in [5.74, 6) is 0. The Morgan fingerprint density at radius 2 is 1.67 bits per heavy atom. The molecule has 2 atom stereocenters. The lowest BCUT2D eigenvalue weighted by Crippen LogP contribution is -2.20. The van der Waals surface area contributed by atoms with Gasteiger partial charge in [-0.25, -0.2) is 0 Å². The summed E-state index contributed by atoms with van der Waals surface area (Å²) in [5.41, 5.74) is 0. The maximum absolute atomic E-state index is 10.3. The van der Waals surface area contributed by atoms with Gasteiger partial charge < -0.3 is 9.11 Å². The van der Waals surface area contributed by atoms with E-state index in [1.54, 1.807) is 0 Å². The van der Waals surface area contributed by atoms with E-state index in [1.165, 1.54) is 0 Å². The Kier molecular flexibility index (Phi) is 6.83. The smallest absolute Gasteiger partial charge is 0.0837 e. The molecular formula is C6H12O4S2-2. The van der Waals surface area contributed by atoms with Crippen LogP contribution in [0.3, 0.4) is 0 Å². The lowest BCUT2D eigenvalue weighted by atomic mass is 10.2. The first-order valence-electron chi connectivity index (χ1n) is 3.75. The van der Waals surface area contributed by atoms with E-state index in [-0.39, 0.29) is 6.42 Å². The van der Waals surface area contributed by atoms with Crippen molar-refractivity contribution in [1.82, 2.24) is 0 Å². The summed E-state index contributed by atoms with van der Waals surface area (Å²) in [6.07, 6.45) is 2.66. The molecule has 0 aliphatic heterocycles. The lowest BCUT2D eigenvalue weighted by Gasteiger charge is -2.21. The molecule has 0 aromatic heterocycles. The van der Waals surface area contributed by atoms with Crippen molar-refractivity contribution >= 4 is 22.2 Å². The highest BCUT2D eigenvalue weighted by molar-refractivity contribution is 7.97. The van der Waals surface area contributed by atoms with Gasteiger partial charge in [0.2, 0.25) is 0 Å². The van der Waals surface area contributed by atoms with Crippen molar-refractivity contribution in [1.29, 1.82) is 0 Å². The molecule has 0 fully saturated rings. The normalized spacial score (nSPS) is 18.6. The molecule has 0 bridgehead atoms. The standard InChI is InChI=1S/C6H14O4S2/c1-2-3-4-5-6(11(7)8)12(9)10/h6H,2-5H2,1H3,(H,7,8)(H,9,10)/p-2. The molecule has 0 aliphatic rings. The largest absolute Gasteiger partial charge is 0.771 e. The third-order valence-electron chi connectivity index (χ3n) is 1.47. The van der Waals surface area contributed by atoms with E-state index in [0.29, 0.717) is 6.42 Å².